The van der Waals surface area contributed by atoms with Crippen LogP contribution in [0.2, 0.25) is 19.6 Å². The third kappa shape index (κ3) is 12.7. The molecule has 0 spiro atoms. The molecule has 4 nitrogen and oxygen atoms in total. The number of hydrogen-bond donors (Lipinski definition) is 1. The van der Waals surface area contributed by atoms with Crippen molar-refractivity contribution < 1.29 is 36.1 Å². The van der Waals surface area contributed by atoms with E-state index in [2.05, 4.69) is 109 Å². The molecule has 1 fully saturated rings. The smallest absolute Gasteiger partial charge is 1.00 e. The van der Waals surface area contributed by atoms with Gasteiger partial charge in [0, 0.05) is 29.6 Å². The fourth-order valence-electron chi connectivity index (χ4n) is 8.04. The third-order valence-electron chi connectivity index (χ3n) is 10.7. The first-order valence-electron chi connectivity index (χ1n) is 17.2. The standard InChI is InChI=1S/C16H26OSi.C12H16O2.C10H12O.C3H5.3CH4.BrH.Mg/c1-6-9-13-12-15(17-18(3,4)5)16(2)11-8-7-10-14(13)16;1-2-5-9-8-11(13)12(14)7-4-3-6-10(9)12;1-10-7-3-2-4-8(10)5-6-9(10)11;1-3-2;;;;;/h6-8,12-14H,1,9-11H2,2-5H3;2-4,9-10,14H,1,5-8H2;2-3,5-6,8H,4,7H2,1H3;3H,1-2H2;3*1H4;1H;/q;;;-1;;;;;+2/p-1/t13-,14-,16+;9-,10-,12-;8-,10+;;;;;;/m111....../s1. The van der Waals surface area contributed by atoms with Crippen LogP contribution in [0.25, 0.3) is 0 Å². The molecule has 0 bridgehead atoms. The number of carbonyl (C=O) groups is 2. The minimum atomic E-state index is -1.52. The number of aliphatic hydroxyl groups is 1. The van der Waals surface area contributed by atoms with Gasteiger partial charge in [0.25, 0.3) is 0 Å². The SMILES string of the molecule is C.C.C.C=CC[C@@H]1C=C(O[Si](C)(C)C)[C@@]2(C)CC=CC[C@H]12.C=CC[C@@H]1CC(=O)[C@@]2(O)CC=CC[C@H]12.C=C[CH2-].C[C@]12CC=CC[C@@H]1C=CC2=O.[Br-].[Mg+2]. The molecule has 0 heterocycles. The molecule has 6 aliphatic rings. The predicted octanol–water partition coefficient (Wildman–Crippen LogP) is 8.38. The number of halogens is 1. The zero-order valence-corrected chi connectivity index (χ0v) is 34.3. The van der Waals surface area contributed by atoms with Gasteiger partial charge in [0.05, 0.1) is 5.76 Å². The molecule has 0 aromatic heterocycles. The molecule has 6 aliphatic carbocycles. The maximum atomic E-state index is 11.7. The average molecular weight is 796 g/mol. The second-order valence-corrected chi connectivity index (χ2v) is 19.6. The number of fused-ring (bicyclic) bond motifs is 3. The zero-order chi connectivity index (χ0) is 34.2. The van der Waals surface area contributed by atoms with Gasteiger partial charge in [-0.15, -0.1) is 13.2 Å². The van der Waals surface area contributed by atoms with Crippen molar-refractivity contribution in [2.24, 2.45) is 40.4 Å². The Balaban J connectivity index is -0.000000635. The van der Waals surface area contributed by atoms with E-state index < -0.39 is 13.9 Å². The largest absolute Gasteiger partial charge is 2.00 e. The van der Waals surface area contributed by atoms with Crippen LogP contribution in [-0.4, -0.2) is 53.6 Å². The van der Waals surface area contributed by atoms with Crippen LogP contribution in [0.3, 0.4) is 0 Å². The van der Waals surface area contributed by atoms with Crippen molar-refractivity contribution in [2.75, 3.05) is 0 Å². The summed E-state index contributed by atoms with van der Waals surface area (Å²) in [6.45, 7) is 25.4. The summed E-state index contributed by atoms with van der Waals surface area (Å²) in [7, 11) is -1.52. The zero-order valence-electron chi connectivity index (χ0n) is 30.3. The number of ketones is 2. The van der Waals surface area contributed by atoms with Crippen molar-refractivity contribution in [2.45, 2.75) is 119 Å². The first kappa shape index (κ1) is 53.7. The number of Topliss-reactive ketones (excluding diaryl/α,β-unsaturated/α-hetero) is 1. The summed E-state index contributed by atoms with van der Waals surface area (Å²) in [6, 6.07) is 0. The molecule has 51 heavy (non-hydrogen) atoms. The summed E-state index contributed by atoms with van der Waals surface area (Å²) >= 11 is 0. The average Bonchev–Trinajstić information content (AvgIpc) is 3.55. The maximum absolute atomic E-state index is 11.7. The first-order valence-corrected chi connectivity index (χ1v) is 20.6. The first-order chi connectivity index (χ1) is 21.7. The summed E-state index contributed by atoms with van der Waals surface area (Å²) < 4.78 is 6.38. The number of hydrogen-bond acceptors (Lipinski definition) is 4. The molecular formula is C44H71BrMgO4Si. The second-order valence-electron chi connectivity index (χ2n) is 15.2. The van der Waals surface area contributed by atoms with Crippen molar-refractivity contribution in [3.05, 3.63) is 105 Å². The van der Waals surface area contributed by atoms with Crippen LogP contribution in [0.5, 0.6) is 0 Å². The van der Waals surface area contributed by atoms with Crippen molar-refractivity contribution in [3.63, 3.8) is 0 Å². The molecular weight excluding hydrogens is 725 g/mol. The van der Waals surface area contributed by atoms with Gasteiger partial charge < -0.3 is 26.5 Å². The van der Waals surface area contributed by atoms with Gasteiger partial charge in [-0.05, 0) is 100 Å². The second kappa shape index (κ2) is 23.2. The van der Waals surface area contributed by atoms with E-state index in [-0.39, 0.29) is 84.8 Å². The van der Waals surface area contributed by atoms with Crippen LogP contribution in [0.4, 0.5) is 0 Å². The molecule has 1 saturated carbocycles. The normalized spacial score (nSPS) is 32.7. The summed E-state index contributed by atoms with van der Waals surface area (Å²) in [5.74, 6) is 3.82. The number of carbonyl (C=O) groups excluding carboxylic acids is 2. The Bertz CT molecular complexity index is 1290. The van der Waals surface area contributed by atoms with Gasteiger partial charge in [-0.25, -0.2) is 19.6 Å². The van der Waals surface area contributed by atoms with Gasteiger partial charge in [-0.2, -0.15) is 0 Å². The number of rotatable bonds is 6. The molecule has 6 rings (SSSR count). The van der Waals surface area contributed by atoms with Crippen LogP contribution in [0, 0.1) is 47.3 Å². The van der Waals surface area contributed by atoms with Crippen LogP contribution in [0.1, 0.15) is 93.9 Å². The van der Waals surface area contributed by atoms with E-state index in [0.717, 1.165) is 38.5 Å². The molecule has 0 aromatic carbocycles. The van der Waals surface area contributed by atoms with E-state index >= 15 is 0 Å². The third-order valence-corrected chi connectivity index (χ3v) is 11.6. The Morgan fingerprint density at radius 3 is 1.90 bits per heavy atom. The van der Waals surface area contributed by atoms with Crippen molar-refractivity contribution in [1.82, 2.24) is 0 Å². The Morgan fingerprint density at radius 2 is 1.37 bits per heavy atom. The van der Waals surface area contributed by atoms with Crippen LogP contribution in [0.15, 0.2) is 98.4 Å². The van der Waals surface area contributed by atoms with E-state index in [9.17, 15) is 14.7 Å². The summed E-state index contributed by atoms with van der Waals surface area (Å²) in [5.41, 5.74) is -0.917. The van der Waals surface area contributed by atoms with E-state index in [1.165, 1.54) is 18.3 Å². The molecule has 284 valence electrons. The molecule has 0 aromatic rings. The topological polar surface area (TPSA) is 63.6 Å². The molecule has 8 atom stereocenters. The number of allylic oxidation sites excluding steroid dienone is 12. The minimum Gasteiger partial charge on any atom is -1.00 e. The quantitative estimate of drug-likeness (QED) is 0.167. The van der Waals surface area contributed by atoms with Crippen LogP contribution < -0.4 is 17.0 Å². The van der Waals surface area contributed by atoms with E-state index in [0.29, 0.717) is 42.3 Å². The monoisotopic (exact) mass is 794 g/mol. The van der Waals surface area contributed by atoms with Gasteiger partial charge in [-0.1, -0.05) is 90.8 Å². The van der Waals surface area contributed by atoms with Gasteiger partial charge in [0.2, 0.25) is 8.32 Å². The van der Waals surface area contributed by atoms with E-state index in [4.69, 9.17) is 4.43 Å². The summed E-state index contributed by atoms with van der Waals surface area (Å²) in [5, 5.41) is 10.2. The minimum absolute atomic E-state index is 0. The van der Waals surface area contributed by atoms with Gasteiger partial charge in [-0.3, -0.25) is 9.59 Å². The van der Waals surface area contributed by atoms with Gasteiger partial charge in [0.1, 0.15) is 5.60 Å². The van der Waals surface area contributed by atoms with E-state index in [1.807, 2.05) is 12.2 Å². The van der Waals surface area contributed by atoms with Crippen molar-refractivity contribution in [3.8, 4) is 0 Å². The molecule has 7 heteroatoms. The Kier molecular flexibility index (Phi) is 24.4. The fraction of sp³-hybridized carbons (Fsp3) is 0.568. The molecule has 0 saturated heterocycles. The van der Waals surface area contributed by atoms with E-state index in [1.54, 1.807) is 6.08 Å². The summed E-state index contributed by atoms with van der Waals surface area (Å²) in [4.78, 5) is 23.1. The van der Waals surface area contributed by atoms with Crippen LogP contribution >= 0.6 is 0 Å². The molecule has 0 amide bonds. The Labute approximate surface area is 341 Å². The molecule has 0 unspecified atom stereocenters. The fourth-order valence-corrected chi connectivity index (χ4v) is 9.00. The maximum Gasteiger partial charge on any atom is 2.00 e. The van der Waals surface area contributed by atoms with Crippen LogP contribution in [-0.2, 0) is 14.0 Å². The molecule has 0 aliphatic heterocycles. The predicted molar refractivity (Wildman–Crippen MR) is 221 cm³/mol. The van der Waals surface area contributed by atoms with Crippen molar-refractivity contribution >= 4 is 42.9 Å². The van der Waals surface area contributed by atoms with Gasteiger partial charge >= 0.3 is 23.1 Å². The Morgan fingerprint density at radius 1 is 0.863 bits per heavy atom. The summed E-state index contributed by atoms with van der Waals surface area (Å²) in [6.07, 6.45) is 32.6. The molecule has 1 N–H and O–H groups in total. The Hall–Kier alpha value is -1.65. The van der Waals surface area contributed by atoms with Gasteiger partial charge in [0.15, 0.2) is 11.6 Å². The van der Waals surface area contributed by atoms with Crippen molar-refractivity contribution in [1.29, 1.82) is 0 Å². The molecule has 0 radical (unpaired) electrons.